The Bertz CT molecular complexity index is 673. The first kappa shape index (κ1) is 19.5. The Morgan fingerprint density at radius 2 is 1.62 bits per heavy atom. The molecule has 2 aromatic rings. The fraction of sp³-hybridized carbons (Fsp3) is 0.278. The third-order valence-corrected chi connectivity index (χ3v) is 5.53. The minimum absolute atomic E-state index is 0.00401. The minimum atomic E-state index is 0.00401. The molecule has 0 aliphatic heterocycles. The van der Waals surface area contributed by atoms with Gasteiger partial charge >= 0.3 is 0 Å². The lowest BCUT2D eigenvalue weighted by molar-refractivity contribution is -0.120. The van der Waals surface area contributed by atoms with E-state index in [4.69, 9.17) is 34.8 Å². The molecular weight excluding hydrogens is 385 g/mol. The Morgan fingerprint density at radius 3 is 2.33 bits per heavy atom. The van der Waals surface area contributed by atoms with E-state index >= 15 is 0 Å². The van der Waals surface area contributed by atoms with Crippen molar-refractivity contribution in [1.29, 1.82) is 0 Å². The highest BCUT2D eigenvalue weighted by Gasteiger charge is 2.08. The van der Waals surface area contributed by atoms with E-state index in [-0.39, 0.29) is 5.91 Å². The number of rotatable bonds is 8. The molecule has 2 rings (SSSR count). The first-order chi connectivity index (χ1) is 11.6. The van der Waals surface area contributed by atoms with Crippen molar-refractivity contribution < 1.29 is 4.79 Å². The molecule has 0 fully saturated rings. The molecule has 2 aromatic carbocycles. The van der Waals surface area contributed by atoms with Gasteiger partial charge in [0.15, 0.2) is 0 Å². The largest absolute Gasteiger partial charge is 0.355 e. The fourth-order valence-electron chi connectivity index (χ4n) is 2.16. The van der Waals surface area contributed by atoms with Crippen molar-refractivity contribution in [3.05, 3.63) is 68.7 Å². The molecule has 0 aliphatic carbocycles. The van der Waals surface area contributed by atoms with Crippen molar-refractivity contribution in [3.63, 3.8) is 0 Å². The number of carbonyl (C=O) groups is 1. The molecule has 0 heterocycles. The number of nitrogens with one attached hydrogen (secondary N) is 1. The second kappa shape index (κ2) is 10.2. The Kier molecular flexibility index (Phi) is 8.26. The summed E-state index contributed by atoms with van der Waals surface area (Å²) in [5.74, 6) is 1.68. The Labute approximate surface area is 161 Å². The van der Waals surface area contributed by atoms with Gasteiger partial charge < -0.3 is 5.32 Å². The van der Waals surface area contributed by atoms with E-state index in [9.17, 15) is 4.79 Å². The van der Waals surface area contributed by atoms with E-state index in [1.54, 1.807) is 30.0 Å². The van der Waals surface area contributed by atoms with Gasteiger partial charge in [-0.3, -0.25) is 4.79 Å². The number of halogens is 3. The lowest BCUT2D eigenvalue weighted by Gasteiger charge is -2.08. The van der Waals surface area contributed by atoms with Crippen LogP contribution in [0.15, 0.2) is 42.5 Å². The van der Waals surface area contributed by atoms with E-state index < -0.39 is 0 Å². The molecule has 0 unspecified atom stereocenters. The summed E-state index contributed by atoms with van der Waals surface area (Å²) in [4.78, 5) is 11.9. The van der Waals surface area contributed by atoms with Crippen LogP contribution >= 0.6 is 46.6 Å². The molecule has 0 atom stereocenters. The quantitative estimate of drug-likeness (QED) is 0.580. The lowest BCUT2D eigenvalue weighted by atomic mass is 10.1. The number of hydrogen-bond donors (Lipinski definition) is 1. The van der Waals surface area contributed by atoms with Crippen LogP contribution in [0.2, 0.25) is 15.1 Å². The van der Waals surface area contributed by atoms with Crippen LogP contribution in [0.25, 0.3) is 0 Å². The number of benzene rings is 2. The van der Waals surface area contributed by atoms with Gasteiger partial charge in [0, 0.05) is 39.5 Å². The zero-order chi connectivity index (χ0) is 17.4. The van der Waals surface area contributed by atoms with E-state index in [0.29, 0.717) is 29.4 Å². The highest BCUT2D eigenvalue weighted by Crippen LogP contribution is 2.25. The summed E-state index contributed by atoms with van der Waals surface area (Å²) in [6.45, 7) is 0.629. The van der Waals surface area contributed by atoms with Gasteiger partial charge in [-0.15, -0.1) is 0 Å². The number of carbonyl (C=O) groups excluding carboxylic acids is 1. The van der Waals surface area contributed by atoms with E-state index in [1.165, 1.54) is 0 Å². The molecule has 0 aromatic heterocycles. The lowest BCUT2D eigenvalue weighted by Crippen LogP contribution is -2.26. The normalized spacial score (nSPS) is 10.6. The molecule has 0 saturated heterocycles. The van der Waals surface area contributed by atoms with Crippen molar-refractivity contribution in [2.45, 2.75) is 18.6 Å². The molecule has 0 bridgehead atoms. The standard InChI is InChI=1S/C18H18Cl3NOS/c19-15-5-2-1-4-13(15)12-24-11-10-22-18(23)9-8-14-16(20)6-3-7-17(14)21/h1-7H,8-12H2,(H,22,23). The van der Waals surface area contributed by atoms with Crippen LogP contribution < -0.4 is 5.32 Å². The summed E-state index contributed by atoms with van der Waals surface area (Å²) < 4.78 is 0. The monoisotopic (exact) mass is 401 g/mol. The van der Waals surface area contributed by atoms with Crippen molar-refractivity contribution in [2.24, 2.45) is 0 Å². The highest BCUT2D eigenvalue weighted by molar-refractivity contribution is 7.98. The maximum Gasteiger partial charge on any atom is 0.220 e. The predicted octanol–water partition coefficient (Wildman–Crippen LogP) is 5.63. The molecule has 0 radical (unpaired) electrons. The van der Waals surface area contributed by atoms with Crippen LogP contribution in [-0.4, -0.2) is 18.2 Å². The summed E-state index contributed by atoms with van der Waals surface area (Å²) in [5.41, 5.74) is 1.94. The molecule has 0 aliphatic rings. The van der Waals surface area contributed by atoms with Gasteiger partial charge in [-0.25, -0.2) is 0 Å². The Morgan fingerprint density at radius 1 is 0.958 bits per heavy atom. The average Bonchev–Trinajstić information content (AvgIpc) is 2.55. The maximum absolute atomic E-state index is 11.9. The van der Waals surface area contributed by atoms with Gasteiger partial charge in [0.2, 0.25) is 5.91 Å². The number of thioether (sulfide) groups is 1. The molecule has 0 spiro atoms. The van der Waals surface area contributed by atoms with E-state index in [1.807, 2.05) is 24.3 Å². The third-order valence-electron chi connectivity index (χ3n) is 3.45. The molecule has 128 valence electrons. The average molecular weight is 403 g/mol. The molecule has 24 heavy (non-hydrogen) atoms. The predicted molar refractivity (Wildman–Crippen MR) is 105 cm³/mol. The Balaban J connectivity index is 1.64. The van der Waals surface area contributed by atoms with Crippen molar-refractivity contribution in [1.82, 2.24) is 5.32 Å². The van der Waals surface area contributed by atoms with Crippen LogP contribution in [0.5, 0.6) is 0 Å². The molecule has 2 nitrogen and oxygen atoms in total. The van der Waals surface area contributed by atoms with E-state index in [0.717, 1.165) is 27.7 Å². The minimum Gasteiger partial charge on any atom is -0.355 e. The summed E-state index contributed by atoms with van der Waals surface area (Å²) in [6.07, 6.45) is 0.912. The van der Waals surface area contributed by atoms with Gasteiger partial charge in [0.1, 0.15) is 0 Å². The maximum atomic E-state index is 11.9. The molecule has 6 heteroatoms. The SMILES string of the molecule is O=C(CCc1c(Cl)cccc1Cl)NCCSCc1ccccc1Cl. The van der Waals surface area contributed by atoms with Crippen LogP contribution in [0.1, 0.15) is 17.5 Å². The van der Waals surface area contributed by atoms with Crippen LogP contribution in [0.4, 0.5) is 0 Å². The Hall–Kier alpha value is -0.870. The summed E-state index contributed by atoms with van der Waals surface area (Å²) in [7, 11) is 0. The van der Waals surface area contributed by atoms with Crippen molar-refractivity contribution in [3.8, 4) is 0 Å². The van der Waals surface area contributed by atoms with Crippen LogP contribution in [-0.2, 0) is 17.0 Å². The van der Waals surface area contributed by atoms with Gasteiger partial charge in [-0.05, 0) is 35.7 Å². The zero-order valence-electron chi connectivity index (χ0n) is 13.0. The second-order valence-electron chi connectivity index (χ2n) is 5.19. The summed E-state index contributed by atoms with van der Waals surface area (Å²) in [6, 6.07) is 13.2. The number of hydrogen-bond acceptors (Lipinski definition) is 2. The van der Waals surface area contributed by atoms with Gasteiger partial charge in [-0.1, -0.05) is 59.1 Å². The van der Waals surface area contributed by atoms with Crippen LogP contribution in [0.3, 0.4) is 0 Å². The van der Waals surface area contributed by atoms with E-state index in [2.05, 4.69) is 5.32 Å². The molecule has 1 amide bonds. The molecule has 1 N–H and O–H groups in total. The third kappa shape index (κ3) is 6.21. The summed E-state index contributed by atoms with van der Waals surface area (Å²) in [5, 5.41) is 4.90. The fourth-order valence-corrected chi connectivity index (χ4v) is 3.89. The second-order valence-corrected chi connectivity index (χ2v) is 7.52. The molecular formula is C18H18Cl3NOS. The first-order valence-electron chi connectivity index (χ1n) is 7.58. The van der Waals surface area contributed by atoms with Gasteiger partial charge in [-0.2, -0.15) is 11.8 Å². The van der Waals surface area contributed by atoms with Gasteiger partial charge in [0.25, 0.3) is 0 Å². The smallest absolute Gasteiger partial charge is 0.220 e. The van der Waals surface area contributed by atoms with Crippen LogP contribution in [0, 0.1) is 0 Å². The first-order valence-corrected chi connectivity index (χ1v) is 9.87. The zero-order valence-corrected chi connectivity index (χ0v) is 16.1. The van der Waals surface area contributed by atoms with Crippen molar-refractivity contribution >= 4 is 52.5 Å². The van der Waals surface area contributed by atoms with Gasteiger partial charge in [0.05, 0.1) is 0 Å². The van der Waals surface area contributed by atoms with Crippen molar-refractivity contribution in [2.75, 3.05) is 12.3 Å². The highest BCUT2D eigenvalue weighted by atomic mass is 35.5. The topological polar surface area (TPSA) is 29.1 Å². The number of amides is 1. The summed E-state index contributed by atoms with van der Waals surface area (Å²) >= 11 is 20.0. The molecule has 0 saturated carbocycles.